The summed E-state index contributed by atoms with van der Waals surface area (Å²) in [5.41, 5.74) is 0. The number of carboxylic acids is 1. The van der Waals surface area contributed by atoms with Gasteiger partial charge < -0.3 is 10.4 Å². The Morgan fingerprint density at radius 3 is 2.44 bits per heavy atom. The van der Waals surface area contributed by atoms with Gasteiger partial charge in [0.1, 0.15) is 6.54 Å². The predicted octanol–water partition coefficient (Wildman–Crippen LogP) is 1.09. The fourth-order valence-electron chi connectivity index (χ4n) is 2.50. The maximum absolute atomic E-state index is 11.7. The van der Waals surface area contributed by atoms with E-state index in [1.54, 1.807) is 0 Å². The van der Waals surface area contributed by atoms with Crippen LogP contribution in [0.2, 0.25) is 0 Å². The Kier molecular flexibility index (Phi) is 6.12. The fourth-order valence-corrected chi connectivity index (χ4v) is 2.50. The highest BCUT2D eigenvalue weighted by Crippen LogP contribution is 2.23. The van der Waals surface area contributed by atoms with E-state index in [0.29, 0.717) is 18.5 Å². The van der Waals surface area contributed by atoms with Crippen LogP contribution in [-0.2, 0) is 9.59 Å². The molecule has 1 rings (SSSR count). The highest BCUT2D eigenvalue weighted by atomic mass is 16.4. The van der Waals surface area contributed by atoms with Gasteiger partial charge in [-0.05, 0) is 18.8 Å². The van der Waals surface area contributed by atoms with Gasteiger partial charge in [-0.1, -0.05) is 26.7 Å². The third-order valence-corrected chi connectivity index (χ3v) is 3.22. The van der Waals surface area contributed by atoms with Crippen molar-refractivity contribution >= 4 is 11.9 Å². The van der Waals surface area contributed by atoms with Gasteiger partial charge in [0.2, 0.25) is 5.91 Å². The Morgan fingerprint density at radius 2 is 1.94 bits per heavy atom. The second-order valence-corrected chi connectivity index (χ2v) is 5.43. The van der Waals surface area contributed by atoms with Crippen LogP contribution in [0.25, 0.3) is 0 Å². The van der Waals surface area contributed by atoms with E-state index in [0.717, 1.165) is 19.4 Å². The molecule has 0 aliphatic heterocycles. The van der Waals surface area contributed by atoms with Crippen LogP contribution < -0.4 is 5.32 Å². The van der Waals surface area contributed by atoms with Gasteiger partial charge in [0, 0.05) is 12.6 Å². The number of carbonyl (C=O) groups is 2. The molecule has 0 saturated heterocycles. The first-order valence-corrected chi connectivity index (χ1v) is 6.71. The van der Waals surface area contributed by atoms with Gasteiger partial charge >= 0.3 is 5.97 Å². The van der Waals surface area contributed by atoms with Gasteiger partial charge in [-0.15, -0.1) is 0 Å². The summed E-state index contributed by atoms with van der Waals surface area (Å²) in [6.07, 6.45) is 4.77. The summed E-state index contributed by atoms with van der Waals surface area (Å²) in [4.78, 5) is 24.3. The first-order chi connectivity index (χ1) is 8.49. The molecular formula is C13H24N2O3. The molecule has 2 N–H and O–H groups in total. The Morgan fingerprint density at radius 1 is 1.33 bits per heavy atom. The van der Waals surface area contributed by atoms with E-state index in [4.69, 9.17) is 5.11 Å². The van der Waals surface area contributed by atoms with E-state index >= 15 is 0 Å². The maximum Gasteiger partial charge on any atom is 0.322 e. The summed E-state index contributed by atoms with van der Waals surface area (Å²) in [6, 6.07) is 0.489. The van der Waals surface area contributed by atoms with E-state index in [1.807, 2.05) is 0 Å². The molecule has 1 aliphatic rings. The van der Waals surface area contributed by atoms with Crippen LogP contribution in [-0.4, -0.2) is 47.6 Å². The normalized spacial score (nSPS) is 16.4. The van der Waals surface area contributed by atoms with Gasteiger partial charge in [-0.3, -0.25) is 14.5 Å². The molecule has 0 heterocycles. The van der Waals surface area contributed by atoms with Gasteiger partial charge in [-0.2, -0.15) is 0 Å². The molecule has 0 atom stereocenters. The molecule has 1 aliphatic carbocycles. The zero-order valence-electron chi connectivity index (χ0n) is 11.3. The molecule has 0 bridgehead atoms. The number of hydrogen-bond acceptors (Lipinski definition) is 3. The number of nitrogens with zero attached hydrogens (tertiary/aromatic N) is 1. The first kappa shape index (κ1) is 15.0. The number of aliphatic carboxylic acids is 1. The predicted molar refractivity (Wildman–Crippen MR) is 69.3 cm³/mol. The van der Waals surface area contributed by atoms with Crippen LogP contribution in [0.5, 0.6) is 0 Å². The quantitative estimate of drug-likeness (QED) is 0.715. The molecular weight excluding hydrogens is 232 g/mol. The number of carboxylic acid groups (broad SMARTS) is 1. The first-order valence-electron chi connectivity index (χ1n) is 6.71. The minimum atomic E-state index is -1.00. The van der Waals surface area contributed by atoms with Crippen molar-refractivity contribution in [3.05, 3.63) is 0 Å². The molecule has 1 amide bonds. The monoisotopic (exact) mass is 256 g/mol. The lowest BCUT2D eigenvalue weighted by atomic mass is 10.1. The standard InChI is InChI=1S/C13H24N2O3/c1-10(2)8-15(11-5-3-4-6-11)9-12(16)14-7-13(17)18/h10-11H,3-9H2,1-2H3,(H,14,16)(H,17,18). The number of hydrogen-bond donors (Lipinski definition) is 2. The maximum atomic E-state index is 11.7. The van der Waals surface area contributed by atoms with Gasteiger partial charge in [0.15, 0.2) is 0 Å². The molecule has 0 radical (unpaired) electrons. The molecule has 0 aromatic rings. The molecule has 0 aromatic carbocycles. The zero-order valence-corrected chi connectivity index (χ0v) is 11.3. The average Bonchev–Trinajstić information content (AvgIpc) is 2.78. The topological polar surface area (TPSA) is 69.6 Å². The summed E-state index contributed by atoms with van der Waals surface area (Å²) in [5, 5.41) is 11.0. The molecule has 104 valence electrons. The minimum Gasteiger partial charge on any atom is -0.480 e. The second-order valence-electron chi connectivity index (χ2n) is 5.43. The summed E-state index contributed by atoms with van der Waals surface area (Å²) in [7, 11) is 0. The highest BCUT2D eigenvalue weighted by molar-refractivity contribution is 5.82. The average molecular weight is 256 g/mol. The Hall–Kier alpha value is -1.10. The van der Waals surface area contributed by atoms with Gasteiger partial charge in [0.05, 0.1) is 6.54 Å². The third-order valence-electron chi connectivity index (χ3n) is 3.22. The van der Waals surface area contributed by atoms with Crippen LogP contribution in [0.1, 0.15) is 39.5 Å². The molecule has 18 heavy (non-hydrogen) atoms. The van der Waals surface area contributed by atoms with Crippen LogP contribution in [0, 0.1) is 5.92 Å². The minimum absolute atomic E-state index is 0.190. The van der Waals surface area contributed by atoms with Crippen molar-refractivity contribution in [3.63, 3.8) is 0 Å². The molecule has 5 heteroatoms. The summed E-state index contributed by atoms with van der Waals surface area (Å²) in [6.45, 7) is 5.19. The SMILES string of the molecule is CC(C)CN(CC(=O)NCC(=O)O)C1CCCC1. The van der Waals surface area contributed by atoms with Crippen molar-refractivity contribution in [2.75, 3.05) is 19.6 Å². The Bertz CT molecular complexity index is 286. The van der Waals surface area contributed by atoms with E-state index in [-0.39, 0.29) is 12.5 Å². The lowest BCUT2D eigenvalue weighted by molar-refractivity contribution is -0.138. The largest absolute Gasteiger partial charge is 0.480 e. The molecule has 0 spiro atoms. The summed E-state index contributed by atoms with van der Waals surface area (Å²) in [5.74, 6) is -0.678. The smallest absolute Gasteiger partial charge is 0.322 e. The molecule has 0 aromatic heterocycles. The van der Waals surface area contributed by atoms with Crippen molar-refractivity contribution in [2.24, 2.45) is 5.92 Å². The zero-order chi connectivity index (χ0) is 13.5. The van der Waals surface area contributed by atoms with Gasteiger partial charge in [0.25, 0.3) is 0 Å². The van der Waals surface area contributed by atoms with E-state index in [1.165, 1.54) is 12.8 Å². The lowest BCUT2D eigenvalue weighted by Crippen LogP contribution is -2.44. The van der Waals surface area contributed by atoms with Crippen molar-refractivity contribution < 1.29 is 14.7 Å². The summed E-state index contributed by atoms with van der Waals surface area (Å²) >= 11 is 0. The summed E-state index contributed by atoms with van der Waals surface area (Å²) < 4.78 is 0. The van der Waals surface area contributed by atoms with Crippen molar-refractivity contribution in [1.82, 2.24) is 10.2 Å². The van der Waals surface area contributed by atoms with Crippen LogP contribution >= 0.6 is 0 Å². The Labute approximate surface area is 109 Å². The van der Waals surface area contributed by atoms with Crippen LogP contribution in [0.15, 0.2) is 0 Å². The number of rotatable bonds is 7. The van der Waals surface area contributed by atoms with E-state index in [2.05, 4.69) is 24.1 Å². The number of amides is 1. The van der Waals surface area contributed by atoms with E-state index < -0.39 is 5.97 Å². The molecule has 1 saturated carbocycles. The number of carbonyl (C=O) groups excluding carboxylic acids is 1. The van der Waals surface area contributed by atoms with Crippen LogP contribution in [0.3, 0.4) is 0 Å². The lowest BCUT2D eigenvalue weighted by Gasteiger charge is -2.29. The van der Waals surface area contributed by atoms with Crippen LogP contribution in [0.4, 0.5) is 0 Å². The van der Waals surface area contributed by atoms with Crippen molar-refractivity contribution in [1.29, 1.82) is 0 Å². The van der Waals surface area contributed by atoms with Gasteiger partial charge in [-0.25, -0.2) is 0 Å². The molecule has 1 fully saturated rings. The Balaban J connectivity index is 2.44. The molecule has 5 nitrogen and oxygen atoms in total. The number of nitrogens with one attached hydrogen (secondary N) is 1. The second kappa shape index (κ2) is 7.36. The van der Waals surface area contributed by atoms with Crippen molar-refractivity contribution in [3.8, 4) is 0 Å². The fraction of sp³-hybridized carbons (Fsp3) is 0.846. The third kappa shape index (κ3) is 5.49. The molecule has 0 unspecified atom stereocenters. The highest BCUT2D eigenvalue weighted by Gasteiger charge is 2.24. The van der Waals surface area contributed by atoms with Crippen molar-refractivity contribution in [2.45, 2.75) is 45.6 Å². The van der Waals surface area contributed by atoms with E-state index in [9.17, 15) is 9.59 Å².